The largest absolute Gasteiger partial charge is 0.339 e. The van der Waals surface area contributed by atoms with Gasteiger partial charge < -0.3 is 10.2 Å². The average Bonchev–Trinajstić information content (AvgIpc) is 2.77. The molecule has 4 atom stereocenters. The van der Waals surface area contributed by atoms with Crippen molar-refractivity contribution in [2.45, 2.75) is 39.7 Å². The lowest BCUT2D eigenvalue weighted by atomic mass is 9.66. The van der Waals surface area contributed by atoms with E-state index < -0.39 is 0 Å². The van der Waals surface area contributed by atoms with Crippen molar-refractivity contribution < 1.29 is 4.79 Å². The Morgan fingerprint density at radius 3 is 2.59 bits per heavy atom. The van der Waals surface area contributed by atoms with Crippen LogP contribution in [0.5, 0.6) is 0 Å². The van der Waals surface area contributed by atoms with E-state index >= 15 is 0 Å². The summed E-state index contributed by atoms with van der Waals surface area (Å²) in [6.07, 6.45) is 2.57. The lowest BCUT2D eigenvalue weighted by Gasteiger charge is -2.53. The van der Waals surface area contributed by atoms with E-state index in [1.807, 2.05) is 20.8 Å². The number of nitrogens with zero attached hydrogens (tertiary/aromatic N) is 1. The second kappa shape index (κ2) is 3.71. The van der Waals surface area contributed by atoms with Crippen LogP contribution >= 0.6 is 0 Å². The fourth-order valence-corrected chi connectivity index (χ4v) is 4.14. The topological polar surface area (TPSA) is 32.3 Å². The molecular weight excluding hydrogens is 212 g/mol. The van der Waals surface area contributed by atoms with Crippen molar-refractivity contribution in [3.05, 3.63) is 0 Å². The third-order valence-corrected chi connectivity index (χ3v) is 4.98. The van der Waals surface area contributed by atoms with Crippen molar-refractivity contribution in [1.82, 2.24) is 10.2 Å². The zero-order valence-corrected chi connectivity index (χ0v) is 11.2. The number of carbonyl (C=O) groups excluding carboxylic acids is 1. The number of carbonyl (C=O) groups is 1. The fourth-order valence-electron chi connectivity index (χ4n) is 4.14. The van der Waals surface area contributed by atoms with Gasteiger partial charge in [-0.1, -0.05) is 20.8 Å². The lowest BCUT2D eigenvalue weighted by molar-refractivity contribution is -0.152. The lowest BCUT2D eigenvalue weighted by Crippen LogP contribution is -2.60. The second-order valence-electron chi connectivity index (χ2n) is 7.10. The molecule has 4 unspecified atom stereocenters. The van der Waals surface area contributed by atoms with Crippen LogP contribution in [0.15, 0.2) is 0 Å². The molecule has 0 spiro atoms. The van der Waals surface area contributed by atoms with E-state index in [1.165, 1.54) is 19.4 Å². The van der Waals surface area contributed by atoms with Gasteiger partial charge in [-0.05, 0) is 37.1 Å². The number of amides is 1. The zero-order valence-electron chi connectivity index (χ0n) is 11.2. The van der Waals surface area contributed by atoms with Gasteiger partial charge in [0.2, 0.25) is 5.91 Å². The number of fused-ring (bicyclic) bond motifs is 2. The highest BCUT2D eigenvalue weighted by Gasteiger charge is 2.51. The van der Waals surface area contributed by atoms with Crippen LogP contribution in [0.4, 0.5) is 0 Å². The van der Waals surface area contributed by atoms with Gasteiger partial charge in [-0.3, -0.25) is 4.79 Å². The van der Waals surface area contributed by atoms with E-state index in [0.29, 0.717) is 11.9 Å². The van der Waals surface area contributed by atoms with Crippen molar-refractivity contribution >= 4 is 5.91 Å². The van der Waals surface area contributed by atoms with Gasteiger partial charge in [0, 0.05) is 24.5 Å². The molecule has 0 aromatic heterocycles. The Morgan fingerprint density at radius 2 is 1.88 bits per heavy atom. The Labute approximate surface area is 104 Å². The summed E-state index contributed by atoms with van der Waals surface area (Å²) in [6, 6.07) is 0.520. The molecule has 0 aromatic rings. The van der Waals surface area contributed by atoms with Gasteiger partial charge in [-0.15, -0.1) is 0 Å². The normalized spacial score (nSPS) is 40.5. The third-order valence-electron chi connectivity index (χ3n) is 4.98. The number of hydrogen-bond acceptors (Lipinski definition) is 2. The quantitative estimate of drug-likeness (QED) is 0.691. The minimum absolute atomic E-state index is 0.223. The van der Waals surface area contributed by atoms with E-state index in [1.54, 1.807) is 0 Å². The highest BCUT2D eigenvalue weighted by Crippen LogP contribution is 2.45. The first kappa shape index (κ1) is 11.5. The monoisotopic (exact) mass is 236 g/mol. The first-order valence-electron chi connectivity index (χ1n) is 7.00. The maximum Gasteiger partial charge on any atom is 0.228 e. The van der Waals surface area contributed by atoms with Gasteiger partial charge >= 0.3 is 0 Å². The molecule has 4 aliphatic rings. The first-order chi connectivity index (χ1) is 7.98. The molecule has 3 nitrogen and oxygen atoms in total. The van der Waals surface area contributed by atoms with Gasteiger partial charge in [0.15, 0.2) is 0 Å². The van der Waals surface area contributed by atoms with Crippen molar-refractivity contribution in [3.63, 3.8) is 0 Å². The van der Waals surface area contributed by atoms with Crippen LogP contribution < -0.4 is 5.32 Å². The molecule has 1 N–H and O–H groups in total. The molecule has 3 saturated heterocycles. The second-order valence-corrected chi connectivity index (χ2v) is 7.10. The molecule has 1 amide bonds. The van der Waals surface area contributed by atoms with Gasteiger partial charge in [0.05, 0.1) is 0 Å². The molecule has 4 rings (SSSR count). The van der Waals surface area contributed by atoms with Gasteiger partial charge in [-0.25, -0.2) is 0 Å². The Bertz CT molecular complexity index is 334. The molecule has 3 heteroatoms. The minimum Gasteiger partial charge on any atom is -0.339 e. The SMILES string of the molecule is CC(C)(C)C(=O)N1CC2CCC1C1CNCC21. The molecule has 0 aromatic carbocycles. The molecule has 17 heavy (non-hydrogen) atoms. The predicted molar refractivity (Wildman–Crippen MR) is 67.5 cm³/mol. The first-order valence-corrected chi connectivity index (χ1v) is 7.00. The summed E-state index contributed by atoms with van der Waals surface area (Å²) in [5.74, 6) is 2.69. The van der Waals surface area contributed by atoms with Gasteiger partial charge in [-0.2, -0.15) is 0 Å². The molecule has 1 saturated carbocycles. The summed E-state index contributed by atoms with van der Waals surface area (Å²) in [7, 11) is 0. The summed E-state index contributed by atoms with van der Waals surface area (Å²) in [5, 5.41) is 3.53. The standard InChI is InChI=1S/C14H24N2O/c1-14(2,3)13(17)16-8-9-4-5-12(16)11-7-15-6-10(9)11/h9-12,15H,4-8H2,1-3H3. The molecular formula is C14H24N2O. The number of piperidine rings is 2. The smallest absolute Gasteiger partial charge is 0.228 e. The van der Waals surface area contributed by atoms with E-state index in [4.69, 9.17) is 0 Å². The maximum absolute atomic E-state index is 12.5. The van der Waals surface area contributed by atoms with Crippen molar-refractivity contribution in [2.24, 2.45) is 23.2 Å². The molecule has 4 fully saturated rings. The summed E-state index contributed by atoms with van der Waals surface area (Å²) in [6.45, 7) is 9.46. The molecule has 3 aliphatic heterocycles. The van der Waals surface area contributed by atoms with Crippen LogP contribution in [0.3, 0.4) is 0 Å². The summed E-state index contributed by atoms with van der Waals surface area (Å²) in [4.78, 5) is 14.7. The molecule has 2 bridgehead atoms. The average molecular weight is 236 g/mol. The van der Waals surface area contributed by atoms with Crippen LogP contribution in [0, 0.1) is 23.2 Å². The molecule has 0 radical (unpaired) electrons. The van der Waals surface area contributed by atoms with E-state index in [-0.39, 0.29) is 5.41 Å². The van der Waals surface area contributed by atoms with Crippen LogP contribution in [-0.2, 0) is 4.79 Å². The fraction of sp³-hybridized carbons (Fsp3) is 0.929. The third kappa shape index (κ3) is 1.70. The van der Waals surface area contributed by atoms with Crippen LogP contribution in [-0.4, -0.2) is 36.5 Å². The van der Waals surface area contributed by atoms with Crippen molar-refractivity contribution in [3.8, 4) is 0 Å². The van der Waals surface area contributed by atoms with Crippen molar-refractivity contribution in [2.75, 3.05) is 19.6 Å². The zero-order chi connectivity index (χ0) is 12.2. The highest BCUT2D eigenvalue weighted by atomic mass is 16.2. The van der Waals surface area contributed by atoms with Gasteiger partial charge in [0.25, 0.3) is 0 Å². The summed E-state index contributed by atoms with van der Waals surface area (Å²) >= 11 is 0. The van der Waals surface area contributed by atoms with E-state index in [2.05, 4.69) is 10.2 Å². The van der Waals surface area contributed by atoms with Crippen molar-refractivity contribution in [1.29, 1.82) is 0 Å². The molecule has 96 valence electrons. The summed E-state index contributed by atoms with van der Waals surface area (Å²) in [5.41, 5.74) is -0.223. The van der Waals surface area contributed by atoms with Crippen LogP contribution in [0.2, 0.25) is 0 Å². The Balaban J connectivity index is 1.83. The molecule has 1 aliphatic carbocycles. The van der Waals surface area contributed by atoms with Crippen LogP contribution in [0.1, 0.15) is 33.6 Å². The summed E-state index contributed by atoms with van der Waals surface area (Å²) < 4.78 is 0. The maximum atomic E-state index is 12.5. The molecule has 3 heterocycles. The Kier molecular flexibility index (Phi) is 2.51. The highest BCUT2D eigenvalue weighted by molar-refractivity contribution is 5.82. The Morgan fingerprint density at radius 1 is 1.18 bits per heavy atom. The number of rotatable bonds is 0. The predicted octanol–water partition coefficient (Wildman–Crippen LogP) is 1.49. The van der Waals surface area contributed by atoms with Gasteiger partial charge in [0.1, 0.15) is 0 Å². The number of hydrogen-bond donors (Lipinski definition) is 1. The van der Waals surface area contributed by atoms with E-state index in [0.717, 1.165) is 30.8 Å². The minimum atomic E-state index is -0.223. The van der Waals surface area contributed by atoms with Crippen LogP contribution in [0.25, 0.3) is 0 Å². The van der Waals surface area contributed by atoms with E-state index in [9.17, 15) is 4.79 Å². The Hall–Kier alpha value is -0.570. The number of nitrogens with one attached hydrogen (secondary N) is 1.